The van der Waals surface area contributed by atoms with Crippen LogP contribution in [0, 0.1) is 0 Å². The Bertz CT molecular complexity index is 773. The molecule has 0 radical (unpaired) electrons. The minimum Gasteiger partial charge on any atom is -0.444 e. The van der Waals surface area contributed by atoms with Gasteiger partial charge >= 0.3 is 6.09 Å². The molecule has 3 amide bonds. The summed E-state index contributed by atoms with van der Waals surface area (Å²) in [5.74, 6) is -0.330. The molecule has 1 aliphatic rings. The number of allylic oxidation sites excluding steroid dienone is 1. The Balaban J connectivity index is 1.80. The van der Waals surface area contributed by atoms with E-state index in [1.54, 1.807) is 32.9 Å². The van der Waals surface area contributed by atoms with Crippen LogP contribution in [0.3, 0.4) is 0 Å². The van der Waals surface area contributed by atoms with E-state index in [0.717, 1.165) is 31.2 Å². The molecular formula is C23H33N3O4. The van der Waals surface area contributed by atoms with Gasteiger partial charge in [0.25, 0.3) is 0 Å². The lowest BCUT2D eigenvalue weighted by molar-refractivity contribution is -0.117. The number of para-hydroxylation sites is 1. The highest BCUT2D eigenvalue weighted by atomic mass is 16.6. The molecule has 1 fully saturated rings. The lowest BCUT2D eigenvalue weighted by Crippen LogP contribution is -2.34. The first kappa shape index (κ1) is 23.4. The van der Waals surface area contributed by atoms with Crippen molar-refractivity contribution in [2.24, 2.45) is 0 Å². The number of alkyl carbamates (subject to hydrolysis) is 1. The zero-order valence-corrected chi connectivity index (χ0v) is 18.2. The molecule has 1 saturated carbocycles. The van der Waals surface area contributed by atoms with Gasteiger partial charge in [0.15, 0.2) is 0 Å². The first-order valence-corrected chi connectivity index (χ1v) is 10.5. The van der Waals surface area contributed by atoms with Gasteiger partial charge in [-0.2, -0.15) is 0 Å². The number of carbonyl (C=O) groups excluding carboxylic acids is 3. The van der Waals surface area contributed by atoms with Crippen LogP contribution in [0.4, 0.5) is 10.5 Å². The van der Waals surface area contributed by atoms with Crippen molar-refractivity contribution in [3.05, 3.63) is 41.5 Å². The molecule has 3 N–H and O–H groups in total. The van der Waals surface area contributed by atoms with Crippen LogP contribution in [0.25, 0.3) is 0 Å². The molecule has 164 valence electrons. The second-order valence-corrected chi connectivity index (χ2v) is 8.47. The molecule has 30 heavy (non-hydrogen) atoms. The first-order chi connectivity index (χ1) is 14.2. The van der Waals surface area contributed by atoms with E-state index in [-0.39, 0.29) is 24.8 Å². The zero-order chi connectivity index (χ0) is 22.0. The fourth-order valence-electron chi connectivity index (χ4n) is 3.17. The van der Waals surface area contributed by atoms with Crippen LogP contribution in [0.2, 0.25) is 0 Å². The minimum atomic E-state index is -0.581. The van der Waals surface area contributed by atoms with Crippen molar-refractivity contribution in [1.29, 1.82) is 0 Å². The van der Waals surface area contributed by atoms with Crippen molar-refractivity contribution in [1.82, 2.24) is 10.6 Å². The quantitative estimate of drug-likeness (QED) is 0.586. The lowest BCUT2D eigenvalue weighted by atomic mass is 9.94. The van der Waals surface area contributed by atoms with Crippen molar-refractivity contribution >= 4 is 23.6 Å². The van der Waals surface area contributed by atoms with E-state index in [2.05, 4.69) is 16.0 Å². The van der Waals surface area contributed by atoms with E-state index >= 15 is 0 Å². The monoisotopic (exact) mass is 415 g/mol. The summed E-state index contributed by atoms with van der Waals surface area (Å²) in [5.41, 5.74) is 2.09. The average molecular weight is 416 g/mol. The Morgan fingerprint density at radius 1 is 1.03 bits per heavy atom. The summed E-state index contributed by atoms with van der Waals surface area (Å²) in [6, 6.07) is 7.34. The lowest BCUT2D eigenvalue weighted by Gasteiger charge is -2.19. The fraction of sp³-hybridized carbons (Fsp3) is 0.522. The number of benzene rings is 1. The summed E-state index contributed by atoms with van der Waals surface area (Å²) in [6.45, 7) is 5.84. The predicted octanol–water partition coefficient (Wildman–Crippen LogP) is 4.05. The van der Waals surface area contributed by atoms with Gasteiger partial charge in [-0.1, -0.05) is 30.2 Å². The van der Waals surface area contributed by atoms with Crippen LogP contribution in [0.5, 0.6) is 0 Å². The van der Waals surface area contributed by atoms with E-state index in [0.29, 0.717) is 12.2 Å². The van der Waals surface area contributed by atoms with Gasteiger partial charge < -0.3 is 20.7 Å². The highest BCUT2D eigenvalue weighted by molar-refractivity contribution is 5.92. The summed E-state index contributed by atoms with van der Waals surface area (Å²) < 4.78 is 5.14. The molecule has 0 saturated heterocycles. The molecule has 1 aromatic carbocycles. The summed E-state index contributed by atoms with van der Waals surface area (Å²) in [5, 5.41) is 8.30. The molecule has 7 nitrogen and oxygen atoms in total. The average Bonchev–Trinajstić information content (AvgIpc) is 2.66. The Morgan fingerprint density at radius 2 is 1.73 bits per heavy atom. The predicted molar refractivity (Wildman–Crippen MR) is 117 cm³/mol. The van der Waals surface area contributed by atoms with Crippen LogP contribution in [-0.2, 0) is 20.9 Å². The van der Waals surface area contributed by atoms with Crippen LogP contribution in [-0.4, -0.2) is 30.1 Å². The maximum absolute atomic E-state index is 12.2. The van der Waals surface area contributed by atoms with E-state index in [4.69, 9.17) is 4.74 Å². The van der Waals surface area contributed by atoms with Gasteiger partial charge in [-0.25, -0.2) is 4.79 Å². The molecule has 0 bridgehead atoms. The third-order valence-corrected chi connectivity index (χ3v) is 4.60. The molecule has 0 spiro atoms. The number of ether oxygens (including phenoxy) is 1. The Hall–Kier alpha value is -2.83. The van der Waals surface area contributed by atoms with Gasteiger partial charge in [0.2, 0.25) is 11.8 Å². The summed E-state index contributed by atoms with van der Waals surface area (Å²) in [7, 11) is 0. The molecule has 2 rings (SSSR count). The second kappa shape index (κ2) is 11.4. The van der Waals surface area contributed by atoms with Gasteiger partial charge in [-0.05, 0) is 58.1 Å². The molecule has 0 aromatic heterocycles. The van der Waals surface area contributed by atoms with Gasteiger partial charge in [-0.15, -0.1) is 0 Å². The summed E-state index contributed by atoms with van der Waals surface area (Å²) in [6.07, 6.45) is 6.81. The minimum absolute atomic E-state index is 0.102. The molecule has 1 aliphatic carbocycles. The zero-order valence-electron chi connectivity index (χ0n) is 18.2. The van der Waals surface area contributed by atoms with Crippen molar-refractivity contribution in [3.63, 3.8) is 0 Å². The number of carbonyl (C=O) groups is 3. The third kappa shape index (κ3) is 9.11. The van der Waals surface area contributed by atoms with E-state index < -0.39 is 11.7 Å². The molecule has 0 aliphatic heterocycles. The molecule has 1 aromatic rings. The van der Waals surface area contributed by atoms with Crippen molar-refractivity contribution in [2.45, 2.75) is 71.4 Å². The number of hydrogen-bond donors (Lipinski definition) is 3. The highest BCUT2D eigenvalue weighted by Crippen LogP contribution is 2.22. The normalized spacial score (nSPS) is 13.9. The van der Waals surface area contributed by atoms with Gasteiger partial charge in [0, 0.05) is 31.3 Å². The second-order valence-electron chi connectivity index (χ2n) is 8.47. The number of anilines is 1. The highest BCUT2D eigenvalue weighted by Gasteiger charge is 2.16. The van der Waals surface area contributed by atoms with Crippen LogP contribution in [0.1, 0.15) is 64.9 Å². The van der Waals surface area contributed by atoms with Crippen molar-refractivity contribution in [2.75, 3.05) is 11.9 Å². The van der Waals surface area contributed by atoms with E-state index in [1.165, 1.54) is 12.0 Å². The first-order valence-electron chi connectivity index (χ1n) is 10.5. The molecule has 0 atom stereocenters. The van der Waals surface area contributed by atoms with Gasteiger partial charge in [0.05, 0.1) is 0 Å². The maximum Gasteiger partial charge on any atom is 0.407 e. The standard InChI is InChI=1S/C23H33N3O4/c1-23(2,3)30-22(29)24-14-13-20(27)26-19-12-8-7-11-18(19)16-25-21(28)15-17-9-5-4-6-10-17/h7-8,11-12,15H,4-6,9-10,13-14,16H2,1-3H3,(H,24,29)(H,25,28)(H,26,27). The van der Waals surface area contributed by atoms with E-state index in [9.17, 15) is 14.4 Å². The topological polar surface area (TPSA) is 96.5 Å². The van der Waals surface area contributed by atoms with Crippen LogP contribution >= 0.6 is 0 Å². The maximum atomic E-state index is 12.2. The number of rotatable bonds is 7. The van der Waals surface area contributed by atoms with Gasteiger partial charge in [0.1, 0.15) is 5.60 Å². The SMILES string of the molecule is CC(C)(C)OC(=O)NCCC(=O)Nc1ccccc1CNC(=O)C=C1CCCCC1. The van der Waals surface area contributed by atoms with Crippen molar-refractivity contribution in [3.8, 4) is 0 Å². The van der Waals surface area contributed by atoms with E-state index in [1.807, 2.05) is 18.2 Å². The van der Waals surface area contributed by atoms with Crippen LogP contribution < -0.4 is 16.0 Å². The molecule has 0 heterocycles. The summed E-state index contributed by atoms with van der Waals surface area (Å²) >= 11 is 0. The Kier molecular flexibility index (Phi) is 8.89. The fourth-order valence-corrected chi connectivity index (χ4v) is 3.17. The summed E-state index contributed by atoms with van der Waals surface area (Å²) in [4.78, 5) is 36.1. The Morgan fingerprint density at radius 3 is 2.43 bits per heavy atom. The number of amides is 3. The Labute approximate surface area is 178 Å². The van der Waals surface area contributed by atoms with Crippen molar-refractivity contribution < 1.29 is 19.1 Å². The molecular weight excluding hydrogens is 382 g/mol. The third-order valence-electron chi connectivity index (χ3n) is 4.60. The number of hydrogen-bond acceptors (Lipinski definition) is 4. The largest absolute Gasteiger partial charge is 0.444 e. The van der Waals surface area contributed by atoms with Gasteiger partial charge in [-0.3, -0.25) is 9.59 Å². The van der Waals surface area contributed by atoms with Crippen LogP contribution in [0.15, 0.2) is 35.9 Å². The number of nitrogens with one attached hydrogen (secondary N) is 3. The smallest absolute Gasteiger partial charge is 0.407 e. The molecule has 0 unspecified atom stereocenters. The molecule has 7 heteroatoms.